The normalized spacial score (nSPS) is 21.1. The van der Waals surface area contributed by atoms with Crippen LogP contribution >= 0.6 is 47.0 Å². The molecule has 24 heavy (non-hydrogen) atoms. The second-order valence-corrected chi connectivity index (χ2v) is 10.5. The first-order chi connectivity index (χ1) is 11.7. The molecule has 0 radical (unpaired) electrons. The fourth-order valence-corrected chi connectivity index (χ4v) is 8.17. The quantitative estimate of drug-likeness (QED) is 0.516. The first-order valence-corrected chi connectivity index (χ1v) is 11.0. The van der Waals surface area contributed by atoms with E-state index < -0.39 is 0 Å². The summed E-state index contributed by atoms with van der Waals surface area (Å²) in [5, 5.41) is 0. The molecule has 120 valence electrons. The van der Waals surface area contributed by atoms with Crippen molar-refractivity contribution in [3.8, 4) is 0 Å². The van der Waals surface area contributed by atoms with E-state index in [1.807, 2.05) is 47.0 Å². The van der Waals surface area contributed by atoms with Crippen molar-refractivity contribution in [2.45, 2.75) is 13.8 Å². The molecule has 2 aromatic carbocycles. The van der Waals surface area contributed by atoms with Crippen LogP contribution in [0.15, 0.2) is 78.9 Å². The van der Waals surface area contributed by atoms with Crippen molar-refractivity contribution in [3.05, 3.63) is 90.1 Å². The zero-order valence-electron chi connectivity index (χ0n) is 13.4. The van der Waals surface area contributed by atoms with Gasteiger partial charge in [-0.3, -0.25) is 0 Å². The largest absolute Gasteiger partial charge is 0.0845 e. The van der Waals surface area contributed by atoms with E-state index in [0.29, 0.717) is 0 Å². The Morgan fingerprint density at radius 1 is 0.500 bits per heavy atom. The van der Waals surface area contributed by atoms with E-state index in [1.165, 1.54) is 39.2 Å². The van der Waals surface area contributed by atoms with Crippen LogP contribution < -0.4 is 0 Å². The van der Waals surface area contributed by atoms with Crippen molar-refractivity contribution < 1.29 is 0 Å². The predicted molar refractivity (Wildman–Crippen MR) is 115 cm³/mol. The van der Waals surface area contributed by atoms with Gasteiger partial charge in [0.2, 0.25) is 0 Å². The Morgan fingerprint density at radius 2 is 0.875 bits per heavy atom. The number of rotatable bonds is 2. The van der Waals surface area contributed by atoms with Gasteiger partial charge in [0.25, 0.3) is 0 Å². The Hall–Kier alpha value is -0.940. The van der Waals surface area contributed by atoms with Gasteiger partial charge in [0.05, 0.1) is 8.47 Å². The van der Waals surface area contributed by atoms with E-state index in [0.717, 1.165) is 0 Å². The van der Waals surface area contributed by atoms with Crippen LogP contribution in [0.25, 0.3) is 9.81 Å². The molecule has 0 bridgehead atoms. The minimum absolute atomic E-state index is 1.32. The van der Waals surface area contributed by atoms with Crippen molar-refractivity contribution in [2.75, 3.05) is 0 Å². The number of hydrogen-bond acceptors (Lipinski definition) is 4. The maximum atomic E-state index is 2.23. The smallest absolute Gasteiger partial charge is 0.0703 e. The summed E-state index contributed by atoms with van der Waals surface area (Å²) in [6, 6.07) is 21.4. The van der Waals surface area contributed by atoms with Crippen LogP contribution in [0.5, 0.6) is 0 Å². The lowest BCUT2D eigenvalue weighted by molar-refractivity contribution is 1.62. The molecule has 2 heterocycles. The minimum Gasteiger partial charge on any atom is -0.0845 e. The third-order valence-corrected chi connectivity index (χ3v) is 9.61. The van der Waals surface area contributed by atoms with Crippen LogP contribution in [0.1, 0.15) is 25.0 Å². The third-order valence-electron chi connectivity index (χ3n) is 3.76. The average molecular weight is 385 g/mol. The Kier molecular flexibility index (Phi) is 4.90. The highest BCUT2D eigenvalue weighted by molar-refractivity contribution is 8.37. The second-order valence-electron chi connectivity index (χ2n) is 5.49. The molecule has 0 amide bonds. The molecule has 2 aliphatic rings. The molecule has 0 aliphatic carbocycles. The number of benzene rings is 2. The standard InChI is InChI=1S/C20H16S4/c1-13-17(15-9-5-3-6-10-15)23-19(21-13)20-22-14(2)18(24-20)16-11-7-4-8-12-16/h3-12H,1-2H3/b20-19-. The van der Waals surface area contributed by atoms with E-state index in [-0.39, 0.29) is 0 Å². The second kappa shape index (κ2) is 7.12. The van der Waals surface area contributed by atoms with Crippen molar-refractivity contribution in [2.24, 2.45) is 0 Å². The van der Waals surface area contributed by atoms with Crippen molar-refractivity contribution in [3.63, 3.8) is 0 Å². The molecule has 4 heteroatoms. The summed E-state index contributed by atoms with van der Waals surface area (Å²) in [4.78, 5) is 5.60. The molecule has 0 nitrogen and oxygen atoms in total. The molecule has 0 aromatic heterocycles. The fraction of sp³-hybridized carbons (Fsp3) is 0.100. The molecule has 0 unspecified atom stereocenters. The number of thioether (sulfide) groups is 4. The predicted octanol–water partition coefficient (Wildman–Crippen LogP) is 7.85. The molecule has 0 atom stereocenters. The maximum absolute atomic E-state index is 2.23. The summed E-state index contributed by atoms with van der Waals surface area (Å²) < 4.78 is 2.85. The summed E-state index contributed by atoms with van der Waals surface area (Å²) in [7, 11) is 0. The van der Waals surface area contributed by atoms with Crippen molar-refractivity contribution >= 4 is 56.9 Å². The van der Waals surface area contributed by atoms with Crippen molar-refractivity contribution in [1.82, 2.24) is 0 Å². The highest BCUT2D eigenvalue weighted by Crippen LogP contribution is 2.62. The van der Waals surface area contributed by atoms with Gasteiger partial charge in [0, 0.05) is 19.6 Å². The third kappa shape index (κ3) is 3.25. The molecular weight excluding hydrogens is 368 g/mol. The van der Waals surface area contributed by atoms with Crippen LogP contribution in [0, 0.1) is 0 Å². The van der Waals surface area contributed by atoms with E-state index >= 15 is 0 Å². The van der Waals surface area contributed by atoms with Gasteiger partial charge in [-0.05, 0) is 25.0 Å². The maximum Gasteiger partial charge on any atom is 0.0703 e. The molecule has 2 aliphatic heterocycles. The molecule has 0 spiro atoms. The summed E-state index contributed by atoms with van der Waals surface area (Å²) in [5.74, 6) is 0. The van der Waals surface area contributed by atoms with E-state index in [1.54, 1.807) is 0 Å². The van der Waals surface area contributed by atoms with Gasteiger partial charge in [0.1, 0.15) is 0 Å². The topological polar surface area (TPSA) is 0 Å². The van der Waals surface area contributed by atoms with Gasteiger partial charge in [-0.25, -0.2) is 0 Å². The fourth-order valence-electron chi connectivity index (χ4n) is 2.61. The molecule has 2 aromatic rings. The molecular formula is C20H16S4. The van der Waals surface area contributed by atoms with E-state index in [2.05, 4.69) is 74.5 Å². The first-order valence-electron chi connectivity index (χ1n) is 7.70. The van der Waals surface area contributed by atoms with Gasteiger partial charge in [-0.15, -0.1) is 0 Å². The molecule has 4 rings (SSSR count). The lowest BCUT2D eigenvalue weighted by Crippen LogP contribution is -1.77. The van der Waals surface area contributed by atoms with Gasteiger partial charge in [-0.1, -0.05) is 108 Å². The van der Waals surface area contributed by atoms with E-state index in [4.69, 9.17) is 0 Å². The number of hydrogen-bond donors (Lipinski definition) is 0. The summed E-state index contributed by atoms with van der Waals surface area (Å²) in [6.07, 6.45) is 0. The summed E-state index contributed by atoms with van der Waals surface area (Å²) in [5.41, 5.74) is 2.65. The zero-order valence-corrected chi connectivity index (χ0v) is 16.7. The number of allylic oxidation sites excluding steroid dienone is 2. The van der Waals surface area contributed by atoms with Crippen LogP contribution in [-0.2, 0) is 0 Å². The van der Waals surface area contributed by atoms with Gasteiger partial charge in [0.15, 0.2) is 0 Å². The molecule has 0 N–H and O–H groups in total. The molecule has 0 fully saturated rings. The van der Waals surface area contributed by atoms with Gasteiger partial charge < -0.3 is 0 Å². The van der Waals surface area contributed by atoms with Crippen LogP contribution in [0.3, 0.4) is 0 Å². The van der Waals surface area contributed by atoms with Crippen LogP contribution in [0.4, 0.5) is 0 Å². The average Bonchev–Trinajstić information content (AvgIpc) is 3.19. The highest BCUT2D eigenvalue weighted by atomic mass is 32.2. The van der Waals surface area contributed by atoms with Crippen molar-refractivity contribution in [1.29, 1.82) is 0 Å². The lowest BCUT2D eigenvalue weighted by Gasteiger charge is -2.04. The van der Waals surface area contributed by atoms with E-state index in [9.17, 15) is 0 Å². The Labute approximate surface area is 160 Å². The first kappa shape index (κ1) is 16.5. The monoisotopic (exact) mass is 384 g/mol. The Morgan fingerprint density at radius 3 is 1.25 bits per heavy atom. The van der Waals surface area contributed by atoms with Gasteiger partial charge >= 0.3 is 0 Å². The molecule has 0 saturated heterocycles. The lowest BCUT2D eigenvalue weighted by atomic mass is 10.2. The Balaban J connectivity index is 1.59. The SMILES string of the molecule is CC1=C(c2ccccc2)S/C(=C2/SC(C)=C(c3ccccc3)S2)S1. The summed E-state index contributed by atoms with van der Waals surface area (Å²) >= 11 is 7.68. The van der Waals surface area contributed by atoms with Gasteiger partial charge in [-0.2, -0.15) is 0 Å². The molecule has 0 saturated carbocycles. The summed E-state index contributed by atoms with van der Waals surface area (Å²) in [6.45, 7) is 4.46. The van der Waals surface area contributed by atoms with Crippen LogP contribution in [0.2, 0.25) is 0 Å². The minimum atomic E-state index is 1.32. The highest BCUT2D eigenvalue weighted by Gasteiger charge is 2.28. The Bertz CT molecular complexity index is 788. The zero-order chi connectivity index (χ0) is 16.5. The van der Waals surface area contributed by atoms with Crippen LogP contribution in [-0.4, -0.2) is 0 Å².